The van der Waals surface area contributed by atoms with Gasteiger partial charge in [0.15, 0.2) is 0 Å². The number of carbonyl (C=O) groups is 1. The lowest BCUT2D eigenvalue weighted by Crippen LogP contribution is -2.26. The lowest BCUT2D eigenvalue weighted by molar-refractivity contribution is -0.146. The second-order valence-electron chi connectivity index (χ2n) is 4.86. The van der Waals surface area contributed by atoms with Gasteiger partial charge in [0.05, 0.1) is 0 Å². The van der Waals surface area contributed by atoms with Crippen LogP contribution in [-0.4, -0.2) is 24.4 Å². The van der Waals surface area contributed by atoms with Crippen LogP contribution in [0, 0.1) is 0 Å². The van der Waals surface area contributed by atoms with Crippen LogP contribution < -0.4 is 4.74 Å². The minimum absolute atomic E-state index is 0.244. The third-order valence-electron chi connectivity index (χ3n) is 2.93. The predicted molar refractivity (Wildman–Crippen MR) is 90.1 cm³/mol. The molecule has 1 atom stereocenters. The van der Waals surface area contributed by atoms with E-state index in [9.17, 15) is 4.79 Å². The molecule has 4 heteroatoms. The molecule has 1 unspecified atom stereocenters. The Kier molecular flexibility index (Phi) is 6.84. The molecule has 2 rings (SSSR count). The van der Waals surface area contributed by atoms with Crippen LogP contribution in [0.2, 0.25) is 0 Å². The summed E-state index contributed by atoms with van der Waals surface area (Å²) >= 11 is 1.73. The first-order valence-corrected chi connectivity index (χ1v) is 8.36. The Morgan fingerprint density at radius 2 is 1.68 bits per heavy atom. The molecule has 0 heterocycles. The van der Waals surface area contributed by atoms with Gasteiger partial charge in [0.1, 0.15) is 18.5 Å². The number of rotatable bonds is 8. The van der Waals surface area contributed by atoms with E-state index in [2.05, 4.69) is 12.1 Å². The molecule has 116 valence electrons. The molecule has 0 saturated heterocycles. The summed E-state index contributed by atoms with van der Waals surface area (Å²) < 4.78 is 11.0. The van der Waals surface area contributed by atoms with Crippen molar-refractivity contribution < 1.29 is 14.3 Å². The van der Waals surface area contributed by atoms with E-state index in [0.717, 1.165) is 11.5 Å². The van der Waals surface area contributed by atoms with E-state index in [-0.39, 0.29) is 12.1 Å². The van der Waals surface area contributed by atoms with Crippen molar-refractivity contribution in [2.24, 2.45) is 0 Å². The van der Waals surface area contributed by atoms with E-state index in [1.807, 2.05) is 48.5 Å². The summed E-state index contributed by atoms with van der Waals surface area (Å²) in [7, 11) is 0. The zero-order chi connectivity index (χ0) is 15.6. The zero-order valence-electron chi connectivity index (χ0n) is 12.6. The number of ether oxygens (including phenoxy) is 2. The summed E-state index contributed by atoms with van der Waals surface area (Å²) in [6.45, 7) is 1.79. The first-order chi connectivity index (χ1) is 10.7. The Labute approximate surface area is 135 Å². The fourth-order valence-corrected chi connectivity index (χ4v) is 2.91. The van der Waals surface area contributed by atoms with Crippen LogP contribution in [0.1, 0.15) is 12.5 Å². The minimum atomic E-state index is -0.276. The number of hydrogen-bond acceptors (Lipinski definition) is 4. The molecule has 3 nitrogen and oxygen atoms in total. The number of benzene rings is 2. The van der Waals surface area contributed by atoms with Gasteiger partial charge in [0.2, 0.25) is 0 Å². The van der Waals surface area contributed by atoms with Gasteiger partial charge in [-0.25, -0.2) is 0 Å². The van der Waals surface area contributed by atoms with Crippen molar-refractivity contribution in [3.05, 3.63) is 66.2 Å². The summed E-state index contributed by atoms with van der Waals surface area (Å²) in [6, 6.07) is 19.8. The van der Waals surface area contributed by atoms with Gasteiger partial charge in [-0.05, 0) is 17.7 Å². The maximum atomic E-state index is 11.2. The number of esters is 1. The van der Waals surface area contributed by atoms with E-state index in [4.69, 9.17) is 9.47 Å². The molecule has 22 heavy (non-hydrogen) atoms. The van der Waals surface area contributed by atoms with Crippen LogP contribution in [-0.2, 0) is 15.3 Å². The van der Waals surface area contributed by atoms with Gasteiger partial charge in [0.25, 0.3) is 0 Å². The quantitative estimate of drug-likeness (QED) is 0.691. The second kappa shape index (κ2) is 9.15. The molecule has 0 aliphatic heterocycles. The molecule has 0 aliphatic rings. The van der Waals surface area contributed by atoms with Gasteiger partial charge in [-0.15, -0.1) is 0 Å². The predicted octanol–water partition coefficient (Wildman–Crippen LogP) is 3.93. The lowest BCUT2D eigenvalue weighted by atomic mass is 10.2. The Bertz CT molecular complexity index is 557. The molecule has 0 saturated carbocycles. The highest BCUT2D eigenvalue weighted by molar-refractivity contribution is 7.98. The van der Waals surface area contributed by atoms with Crippen molar-refractivity contribution >= 4 is 17.7 Å². The summed E-state index contributed by atoms with van der Waals surface area (Å²) in [5.74, 6) is 2.11. The van der Waals surface area contributed by atoms with Gasteiger partial charge in [0, 0.05) is 18.4 Å². The Morgan fingerprint density at radius 1 is 1.05 bits per heavy atom. The molecule has 0 fully saturated rings. The van der Waals surface area contributed by atoms with Crippen molar-refractivity contribution in [3.8, 4) is 5.75 Å². The molecule has 0 radical (unpaired) electrons. The first kappa shape index (κ1) is 16.4. The molecule has 0 bridgehead atoms. The SMILES string of the molecule is CC(=O)OC(COc1ccccc1)CSCc1ccccc1. The number of carbonyl (C=O) groups excluding carboxylic acids is 1. The Hall–Kier alpha value is -1.94. The van der Waals surface area contributed by atoms with Crippen molar-refractivity contribution in [2.45, 2.75) is 18.8 Å². The average Bonchev–Trinajstić information content (AvgIpc) is 2.54. The molecular formula is C18H20O3S. The fraction of sp³-hybridized carbons (Fsp3) is 0.278. The maximum absolute atomic E-state index is 11.2. The second-order valence-corrected chi connectivity index (χ2v) is 5.89. The molecule has 0 aliphatic carbocycles. The zero-order valence-corrected chi connectivity index (χ0v) is 13.4. The average molecular weight is 316 g/mol. The highest BCUT2D eigenvalue weighted by Crippen LogP contribution is 2.16. The van der Waals surface area contributed by atoms with Gasteiger partial charge in [-0.3, -0.25) is 4.79 Å². The standard InChI is InChI=1S/C18H20O3S/c1-15(19)21-18(12-20-17-10-6-3-7-11-17)14-22-13-16-8-4-2-5-9-16/h2-11,18H,12-14H2,1H3. The largest absolute Gasteiger partial charge is 0.490 e. The normalized spacial score (nSPS) is 11.7. The summed E-state index contributed by atoms with van der Waals surface area (Å²) in [5, 5.41) is 0. The van der Waals surface area contributed by atoms with Gasteiger partial charge in [-0.1, -0.05) is 48.5 Å². The maximum Gasteiger partial charge on any atom is 0.303 e. The Morgan fingerprint density at radius 3 is 2.32 bits per heavy atom. The molecule has 0 spiro atoms. The molecule has 2 aromatic rings. The molecule has 0 N–H and O–H groups in total. The third-order valence-corrected chi connectivity index (χ3v) is 4.07. The highest BCUT2D eigenvalue weighted by atomic mass is 32.2. The highest BCUT2D eigenvalue weighted by Gasteiger charge is 2.13. The molecular weight excluding hydrogens is 296 g/mol. The van der Waals surface area contributed by atoms with Crippen LogP contribution in [0.15, 0.2) is 60.7 Å². The minimum Gasteiger partial charge on any atom is -0.490 e. The Balaban J connectivity index is 1.79. The van der Waals surface area contributed by atoms with Crippen LogP contribution in [0.4, 0.5) is 0 Å². The molecule has 0 aromatic heterocycles. The van der Waals surface area contributed by atoms with Crippen LogP contribution in [0.5, 0.6) is 5.75 Å². The topological polar surface area (TPSA) is 35.5 Å². The van der Waals surface area contributed by atoms with Crippen molar-refractivity contribution in [1.82, 2.24) is 0 Å². The van der Waals surface area contributed by atoms with Crippen LogP contribution >= 0.6 is 11.8 Å². The summed E-state index contributed by atoms with van der Waals surface area (Å²) in [4.78, 5) is 11.2. The lowest BCUT2D eigenvalue weighted by Gasteiger charge is -2.17. The smallest absolute Gasteiger partial charge is 0.303 e. The molecule has 0 amide bonds. The van der Waals surface area contributed by atoms with E-state index >= 15 is 0 Å². The van der Waals surface area contributed by atoms with Crippen LogP contribution in [0.25, 0.3) is 0 Å². The summed E-state index contributed by atoms with van der Waals surface area (Å²) in [5.41, 5.74) is 1.26. The van der Waals surface area contributed by atoms with Crippen molar-refractivity contribution in [1.29, 1.82) is 0 Å². The van der Waals surface area contributed by atoms with Crippen molar-refractivity contribution in [3.63, 3.8) is 0 Å². The first-order valence-electron chi connectivity index (χ1n) is 7.21. The van der Waals surface area contributed by atoms with Gasteiger partial charge >= 0.3 is 5.97 Å². The van der Waals surface area contributed by atoms with Crippen LogP contribution in [0.3, 0.4) is 0 Å². The van der Waals surface area contributed by atoms with E-state index in [0.29, 0.717) is 12.4 Å². The number of thioether (sulfide) groups is 1. The number of hydrogen-bond donors (Lipinski definition) is 0. The summed E-state index contributed by atoms with van der Waals surface area (Å²) in [6.07, 6.45) is -0.244. The number of para-hydroxylation sites is 1. The van der Waals surface area contributed by atoms with E-state index in [1.54, 1.807) is 11.8 Å². The monoisotopic (exact) mass is 316 g/mol. The van der Waals surface area contributed by atoms with Gasteiger partial charge < -0.3 is 9.47 Å². The third kappa shape index (κ3) is 6.22. The fourth-order valence-electron chi connectivity index (χ4n) is 1.94. The molecule has 2 aromatic carbocycles. The van der Waals surface area contributed by atoms with Gasteiger partial charge in [-0.2, -0.15) is 11.8 Å². The van der Waals surface area contributed by atoms with E-state index < -0.39 is 0 Å². The van der Waals surface area contributed by atoms with Crippen molar-refractivity contribution in [2.75, 3.05) is 12.4 Å². The van der Waals surface area contributed by atoms with E-state index in [1.165, 1.54) is 12.5 Å².